The van der Waals surface area contributed by atoms with E-state index >= 15 is 0 Å². The van der Waals surface area contributed by atoms with Crippen molar-refractivity contribution in [3.63, 3.8) is 0 Å². The molecule has 1 N–H and O–H groups in total. The Kier molecular flexibility index (Phi) is 6.72. The van der Waals surface area contributed by atoms with Gasteiger partial charge in [-0.2, -0.15) is 4.99 Å². The summed E-state index contributed by atoms with van der Waals surface area (Å²) in [5, 5.41) is 13.4. The first kappa shape index (κ1) is 22.1. The van der Waals surface area contributed by atoms with Gasteiger partial charge in [0.2, 0.25) is 5.91 Å². The summed E-state index contributed by atoms with van der Waals surface area (Å²) in [5.74, 6) is -1.33. The van der Waals surface area contributed by atoms with Crippen LogP contribution in [0.2, 0.25) is 0 Å². The van der Waals surface area contributed by atoms with Crippen LogP contribution in [0.3, 0.4) is 0 Å². The maximum atomic E-state index is 12.4. The molecule has 0 saturated heterocycles. The molecule has 2 aromatic heterocycles. The molecule has 10 nitrogen and oxygen atoms in total. The second kappa shape index (κ2) is 9.45. The number of methoxy groups -OCH3 is 1. The molecule has 0 unspecified atom stereocenters. The van der Waals surface area contributed by atoms with Crippen molar-refractivity contribution in [2.24, 2.45) is 4.99 Å². The van der Waals surface area contributed by atoms with E-state index in [0.29, 0.717) is 20.8 Å². The highest BCUT2D eigenvalue weighted by molar-refractivity contribution is 7.16. The number of benzene rings is 1. The Hall–Kier alpha value is -3.64. The van der Waals surface area contributed by atoms with Crippen molar-refractivity contribution in [1.82, 2.24) is 4.57 Å². The molecule has 2 heterocycles. The average molecular weight is 460 g/mol. The van der Waals surface area contributed by atoms with Gasteiger partial charge in [0, 0.05) is 29.6 Å². The number of anilines is 1. The number of nitro groups is 1. The molecular formula is C19H16N4O6S2. The molecule has 3 aromatic rings. The fraction of sp³-hybridized carbons (Fsp3) is 0.158. The Balaban J connectivity index is 1.97. The quantitative estimate of drug-likeness (QED) is 0.260. The van der Waals surface area contributed by atoms with Crippen LogP contribution in [0.4, 0.5) is 10.7 Å². The number of hydrogen-bond acceptors (Lipinski definition) is 8. The maximum absolute atomic E-state index is 12.4. The van der Waals surface area contributed by atoms with E-state index in [1.807, 2.05) is 0 Å². The van der Waals surface area contributed by atoms with Crippen molar-refractivity contribution in [2.45, 2.75) is 13.5 Å². The van der Waals surface area contributed by atoms with E-state index in [2.05, 4.69) is 10.3 Å². The van der Waals surface area contributed by atoms with Crippen molar-refractivity contribution in [1.29, 1.82) is 0 Å². The third kappa shape index (κ3) is 5.49. The maximum Gasteiger partial charge on any atom is 0.325 e. The van der Waals surface area contributed by atoms with E-state index in [1.165, 1.54) is 49.7 Å². The fourth-order valence-corrected chi connectivity index (χ4v) is 4.40. The number of amides is 2. The minimum Gasteiger partial charge on any atom is -0.468 e. The average Bonchev–Trinajstić information content (AvgIpc) is 3.31. The van der Waals surface area contributed by atoms with Gasteiger partial charge in [-0.05, 0) is 30.3 Å². The zero-order chi connectivity index (χ0) is 22.5. The topological polar surface area (TPSA) is 133 Å². The molecule has 0 atom stereocenters. The van der Waals surface area contributed by atoms with Gasteiger partial charge in [-0.15, -0.1) is 0 Å². The molecule has 31 heavy (non-hydrogen) atoms. The molecule has 1 aromatic carbocycles. The molecule has 0 radical (unpaired) electrons. The van der Waals surface area contributed by atoms with Crippen LogP contribution >= 0.6 is 22.7 Å². The summed E-state index contributed by atoms with van der Waals surface area (Å²) in [6.45, 7) is 1.24. The highest BCUT2D eigenvalue weighted by Crippen LogP contribution is 2.25. The number of esters is 1. The third-order valence-corrected chi connectivity index (χ3v) is 5.95. The number of carbonyl (C=O) groups is 3. The number of aromatic nitrogens is 1. The molecule has 0 aliphatic carbocycles. The molecular weight excluding hydrogens is 444 g/mol. The lowest BCUT2D eigenvalue weighted by Gasteiger charge is -2.05. The van der Waals surface area contributed by atoms with Crippen LogP contribution in [0.25, 0.3) is 16.3 Å². The first-order chi connectivity index (χ1) is 14.8. The first-order valence-corrected chi connectivity index (χ1v) is 10.4. The number of fused-ring (bicyclic) bond motifs is 1. The summed E-state index contributed by atoms with van der Waals surface area (Å²) in [6, 6.07) is 8.00. The summed E-state index contributed by atoms with van der Waals surface area (Å²) >= 11 is 2.11. The Labute approximate surface area is 183 Å². The molecule has 0 aliphatic rings. The smallest absolute Gasteiger partial charge is 0.325 e. The van der Waals surface area contributed by atoms with Gasteiger partial charge in [-0.3, -0.25) is 24.5 Å². The van der Waals surface area contributed by atoms with Crippen LogP contribution in [0.1, 0.15) is 11.8 Å². The highest BCUT2D eigenvalue weighted by Gasteiger charge is 2.13. The fourth-order valence-electron chi connectivity index (χ4n) is 2.60. The first-order valence-electron chi connectivity index (χ1n) is 8.75. The normalized spacial score (nSPS) is 11.7. The molecule has 2 amide bonds. The number of rotatable bonds is 6. The molecule has 0 saturated carbocycles. The van der Waals surface area contributed by atoms with Crippen molar-refractivity contribution in [2.75, 3.05) is 12.4 Å². The molecule has 160 valence electrons. The molecule has 0 spiro atoms. The summed E-state index contributed by atoms with van der Waals surface area (Å²) < 4.78 is 6.98. The van der Waals surface area contributed by atoms with Gasteiger partial charge in [0.15, 0.2) is 4.80 Å². The Morgan fingerprint density at radius 1 is 1.26 bits per heavy atom. The van der Waals surface area contributed by atoms with Gasteiger partial charge in [0.25, 0.3) is 5.91 Å². The van der Waals surface area contributed by atoms with Gasteiger partial charge >= 0.3 is 11.0 Å². The number of nitrogens with one attached hydrogen (secondary N) is 1. The lowest BCUT2D eigenvalue weighted by atomic mass is 10.3. The van der Waals surface area contributed by atoms with E-state index in [4.69, 9.17) is 4.74 Å². The lowest BCUT2D eigenvalue weighted by molar-refractivity contribution is -0.380. The zero-order valence-corrected chi connectivity index (χ0v) is 18.0. The van der Waals surface area contributed by atoms with Crippen LogP contribution in [-0.2, 0) is 25.7 Å². The second-order valence-corrected chi connectivity index (χ2v) is 8.23. The summed E-state index contributed by atoms with van der Waals surface area (Å²) in [4.78, 5) is 50.6. The number of thiophene rings is 1. The predicted octanol–water partition coefficient (Wildman–Crippen LogP) is 2.94. The Morgan fingerprint density at radius 2 is 2.03 bits per heavy atom. The number of carbonyl (C=O) groups excluding carboxylic acids is 3. The summed E-state index contributed by atoms with van der Waals surface area (Å²) in [5.41, 5.74) is 1.22. The van der Waals surface area contributed by atoms with Crippen LogP contribution in [0, 0.1) is 10.1 Å². The molecule has 3 rings (SSSR count). The standard InChI is InChI=1S/C19H16N4O6S2/c1-11(24)20-12-3-6-14-15(9-12)31-19(22(14)10-18(26)29-2)21-16(25)7-4-13-5-8-17(30-13)23(27)28/h3-9H,10H2,1-2H3,(H,20,24)/b7-4-,21-19?. The summed E-state index contributed by atoms with van der Waals surface area (Å²) in [6.07, 6.45) is 2.64. The van der Waals surface area contributed by atoms with Crippen molar-refractivity contribution in [3.8, 4) is 0 Å². The molecule has 0 aliphatic heterocycles. The molecule has 0 bridgehead atoms. The number of thiazole rings is 1. The van der Waals surface area contributed by atoms with E-state index in [9.17, 15) is 24.5 Å². The number of hydrogen-bond donors (Lipinski definition) is 1. The SMILES string of the molecule is COC(=O)Cn1c(=NC(=O)/C=C\c2ccc([N+](=O)[O-])s2)sc2cc(NC(C)=O)ccc21. The largest absolute Gasteiger partial charge is 0.468 e. The van der Waals surface area contributed by atoms with Crippen LogP contribution < -0.4 is 10.1 Å². The van der Waals surface area contributed by atoms with Gasteiger partial charge in [-0.25, -0.2) is 0 Å². The van der Waals surface area contributed by atoms with Crippen LogP contribution in [0.5, 0.6) is 0 Å². The van der Waals surface area contributed by atoms with E-state index in [1.54, 1.807) is 22.8 Å². The minimum atomic E-state index is -0.594. The van der Waals surface area contributed by atoms with Crippen LogP contribution in [0.15, 0.2) is 41.4 Å². The number of ether oxygens (including phenoxy) is 1. The zero-order valence-electron chi connectivity index (χ0n) is 16.4. The van der Waals surface area contributed by atoms with Gasteiger partial charge in [-0.1, -0.05) is 22.7 Å². The van der Waals surface area contributed by atoms with Crippen molar-refractivity contribution >= 4 is 67.4 Å². The summed E-state index contributed by atoms with van der Waals surface area (Å²) in [7, 11) is 1.26. The van der Waals surface area contributed by atoms with E-state index < -0.39 is 16.8 Å². The highest BCUT2D eigenvalue weighted by atomic mass is 32.1. The second-order valence-electron chi connectivity index (χ2n) is 6.13. The van der Waals surface area contributed by atoms with Gasteiger partial charge in [0.05, 0.1) is 22.2 Å². The lowest BCUT2D eigenvalue weighted by Crippen LogP contribution is -2.22. The monoisotopic (exact) mass is 460 g/mol. The van der Waals surface area contributed by atoms with Crippen molar-refractivity contribution in [3.05, 3.63) is 56.2 Å². The Bertz CT molecular complexity index is 1280. The molecule has 12 heteroatoms. The van der Waals surface area contributed by atoms with Gasteiger partial charge in [0.1, 0.15) is 6.54 Å². The molecule has 0 fully saturated rings. The minimum absolute atomic E-state index is 0.0283. The number of nitrogens with zero attached hydrogens (tertiary/aromatic N) is 3. The third-order valence-electron chi connectivity index (χ3n) is 3.91. The van der Waals surface area contributed by atoms with Crippen molar-refractivity contribution < 1.29 is 24.0 Å². The van der Waals surface area contributed by atoms with Gasteiger partial charge < -0.3 is 14.6 Å². The van der Waals surface area contributed by atoms with E-state index in [-0.39, 0.29) is 22.3 Å². The predicted molar refractivity (Wildman–Crippen MR) is 117 cm³/mol. The Morgan fingerprint density at radius 3 is 2.68 bits per heavy atom. The van der Waals surface area contributed by atoms with E-state index in [0.717, 1.165) is 11.3 Å². The van der Waals surface area contributed by atoms with Crippen LogP contribution in [-0.4, -0.2) is 34.4 Å².